The summed E-state index contributed by atoms with van der Waals surface area (Å²) in [4.78, 5) is 15.8. The van der Waals surface area contributed by atoms with Crippen LogP contribution in [0.5, 0.6) is 5.75 Å². The van der Waals surface area contributed by atoms with E-state index in [1.54, 1.807) is 24.3 Å². The average molecular weight is 313 g/mol. The van der Waals surface area contributed by atoms with Crippen LogP contribution in [0, 0.1) is 0 Å². The van der Waals surface area contributed by atoms with E-state index < -0.39 is 0 Å². The highest BCUT2D eigenvalue weighted by Crippen LogP contribution is 2.29. The van der Waals surface area contributed by atoms with Gasteiger partial charge in [0.15, 0.2) is 5.78 Å². The standard InChI is InChI=1S/C21H15NO2/c23-20-13-16(19-12-15-8-4-5-9-18(15)22-19)10-11-17(20)21(24)14-6-2-1-3-7-14/h1-13,22-23H. The maximum Gasteiger partial charge on any atom is 0.196 e. The Hall–Kier alpha value is -3.33. The van der Waals surface area contributed by atoms with Crippen molar-refractivity contribution in [2.24, 2.45) is 0 Å². The summed E-state index contributed by atoms with van der Waals surface area (Å²) in [5, 5.41) is 11.4. The summed E-state index contributed by atoms with van der Waals surface area (Å²) >= 11 is 0. The smallest absolute Gasteiger partial charge is 0.196 e. The lowest BCUT2D eigenvalue weighted by Gasteiger charge is -2.06. The molecule has 1 aromatic heterocycles. The maximum atomic E-state index is 12.5. The topological polar surface area (TPSA) is 53.1 Å². The van der Waals surface area contributed by atoms with Crippen molar-refractivity contribution >= 4 is 16.7 Å². The molecule has 0 bridgehead atoms. The third-order valence-corrected chi connectivity index (χ3v) is 4.12. The summed E-state index contributed by atoms with van der Waals surface area (Å²) in [6, 6.07) is 24.1. The zero-order valence-corrected chi connectivity index (χ0v) is 12.9. The Labute approximate surface area is 139 Å². The molecule has 0 saturated heterocycles. The minimum Gasteiger partial charge on any atom is -0.507 e. The molecular weight excluding hydrogens is 298 g/mol. The van der Waals surface area contributed by atoms with Gasteiger partial charge in [-0.2, -0.15) is 0 Å². The molecule has 1 heterocycles. The zero-order chi connectivity index (χ0) is 16.5. The Balaban J connectivity index is 1.73. The molecule has 2 N–H and O–H groups in total. The molecule has 0 unspecified atom stereocenters. The SMILES string of the molecule is O=C(c1ccccc1)c1ccc(-c2cc3ccccc3[nH]2)cc1O. The van der Waals surface area contributed by atoms with E-state index in [9.17, 15) is 9.90 Å². The van der Waals surface area contributed by atoms with Crippen LogP contribution in [0.3, 0.4) is 0 Å². The number of para-hydroxylation sites is 1. The van der Waals surface area contributed by atoms with Gasteiger partial charge in [0.2, 0.25) is 0 Å². The summed E-state index contributed by atoms with van der Waals surface area (Å²) < 4.78 is 0. The first-order valence-corrected chi connectivity index (χ1v) is 7.73. The van der Waals surface area contributed by atoms with Crippen molar-refractivity contribution in [3.8, 4) is 17.0 Å². The second-order valence-electron chi connectivity index (χ2n) is 5.70. The van der Waals surface area contributed by atoms with E-state index >= 15 is 0 Å². The number of phenolic OH excluding ortho intramolecular Hbond substituents is 1. The quantitative estimate of drug-likeness (QED) is 0.535. The van der Waals surface area contributed by atoms with Gasteiger partial charge in [0.05, 0.1) is 5.56 Å². The molecule has 3 nitrogen and oxygen atoms in total. The summed E-state index contributed by atoms with van der Waals surface area (Å²) in [7, 11) is 0. The predicted molar refractivity (Wildman–Crippen MR) is 95.3 cm³/mol. The lowest BCUT2D eigenvalue weighted by molar-refractivity contribution is 0.103. The molecule has 4 rings (SSSR count). The van der Waals surface area contributed by atoms with Crippen LogP contribution >= 0.6 is 0 Å². The van der Waals surface area contributed by atoms with E-state index in [2.05, 4.69) is 4.98 Å². The van der Waals surface area contributed by atoms with Crippen molar-refractivity contribution in [3.63, 3.8) is 0 Å². The monoisotopic (exact) mass is 313 g/mol. The van der Waals surface area contributed by atoms with Crippen molar-refractivity contribution in [1.29, 1.82) is 0 Å². The van der Waals surface area contributed by atoms with E-state index in [-0.39, 0.29) is 11.5 Å². The first kappa shape index (κ1) is 14.3. The molecule has 3 aromatic carbocycles. The van der Waals surface area contributed by atoms with Crippen molar-refractivity contribution in [2.75, 3.05) is 0 Å². The number of H-pyrrole nitrogens is 1. The molecule has 0 aliphatic carbocycles. The number of phenols is 1. The van der Waals surface area contributed by atoms with Crippen LogP contribution < -0.4 is 0 Å². The fraction of sp³-hybridized carbons (Fsp3) is 0. The molecule has 116 valence electrons. The summed E-state index contributed by atoms with van der Waals surface area (Å²) in [5.41, 5.74) is 3.65. The van der Waals surface area contributed by atoms with Gasteiger partial charge in [0.25, 0.3) is 0 Å². The van der Waals surface area contributed by atoms with Crippen molar-refractivity contribution in [2.45, 2.75) is 0 Å². The fourth-order valence-electron chi connectivity index (χ4n) is 2.87. The Morgan fingerprint density at radius 3 is 2.33 bits per heavy atom. The number of aromatic hydroxyl groups is 1. The molecule has 0 amide bonds. The first-order valence-electron chi connectivity index (χ1n) is 7.73. The zero-order valence-electron chi connectivity index (χ0n) is 12.9. The van der Waals surface area contributed by atoms with Gasteiger partial charge >= 0.3 is 0 Å². The lowest BCUT2D eigenvalue weighted by Crippen LogP contribution is -2.01. The number of carbonyl (C=O) groups is 1. The molecule has 0 fully saturated rings. The van der Waals surface area contributed by atoms with Crippen LogP contribution in [0.2, 0.25) is 0 Å². The highest BCUT2D eigenvalue weighted by molar-refractivity contribution is 6.10. The number of rotatable bonds is 3. The van der Waals surface area contributed by atoms with Gasteiger partial charge in [0, 0.05) is 27.7 Å². The van der Waals surface area contributed by atoms with Gasteiger partial charge in [-0.3, -0.25) is 4.79 Å². The van der Waals surface area contributed by atoms with Crippen LogP contribution in [0.15, 0.2) is 78.9 Å². The van der Waals surface area contributed by atoms with Crippen LogP contribution in [-0.4, -0.2) is 15.9 Å². The molecule has 0 radical (unpaired) electrons. The second kappa shape index (κ2) is 5.70. The predicted octanol–water partition coefficient (Wildman–Crippen LogP) is 4.77. The molecule has 4 aromatic rings. The maximum absolute atomic E-state index is 12.5. The number of aromatic nitrogens is 1. The van der Waals surface area contributed by atoms with Crippen LogP contribution in [-0.2, 0) is 0 Å². The molecule has 0 spiro atoms. The summed E-state index contributed by atoms with van der Waals surface area (Å²) in [6.45, 7) is 0. The van der Waals surface area contributed by atoms with E-state index in [1.807, 2.05) is 54.6 Å². The minimum absolute atomic E-state index is 0.0139. The number of benzene rings is 3. The summed E-state index contributed by atoms with van der Waals surface area (Å²) in [5.74, 6) is -0.198. The normalized spacial score (nSPS) is 10.8. The molecule has 0 aliphatic heterocycles. The molecule has 3 heteroatoms. The van der Waals surface area contributed by atoms with Gasteiger partial charge < -0.3 is 10.1 Å². The van der Waals surface area contributed by atoms with E-state index in [0.29, 0.717) is 11.1 Å². The van der Waals surface area contributed by atoms with Gasteiger partial charge in [0.1, 0.15) is 5.75 Å². The highest BCUT2D eigenvalue weighted by atomic mass is 16.3. The number of carbonyl (C=O) groups excluding carboxylic acids is 1. The summed E-state index contributed by atoms with van der Waals surface area (Å²) in [6.07, 6.45) is 0. The fourth-order valence-corrected chi connectivity index (χ4v) is 2.87. The minimum atomic E-state index is -0.184. The number of nitrogens with one attached hydrogen (secondary N) is 1. The van der Waals surface area contributed by atoms with Gasteiger partial charge in [-0.15, -0.1) is 0 Å². The molecule has 0 atom stereocenters. The molecule has 24 heavy (non-hydrogen) atoms. The second-order valence-corrected chi connectivity index (χ2v) is 5.70. The van der Waals surface area contributed by atoms with E-state index in [0.717, 1.165) is 22.2 Å². The van der Waals surface area contributed by atoms with Gasteiger partial charge in [-0.05, 0) is 24.3 Å². The molecular formula is C21H15NO2. The highest BCUT2D eigenvalue weighted by Gasteiger charge is 2.14. The average Bonchev–Trinajstić information content (AvgIpc) is 3.06. The Kier molecular flexibility index (Phi) is 3.39. The van der Waals surface area contributed by atoms with Crippen molar-refractivity contribution < 1.29 is 9.90 Å². The van der Waals surface area contributed by atoms with Crippen molar-refractivity contribution in [1.82, 2.24) is 4.98 Å². The van der Waals surface area contributed by atoms with Crippen molar-refractivity contribution in [3.05, 3.63) is 90.0 Å². The van der Waals surface area contributed by atoms with E-state index in [4.69, 9.17) is 0 Å². The number of ketones is 1. The van der Waals surface area contributed by atoms with Gasteiger partial charge in [-0.1, -0.05) is 54.6 Å². The molecule has 0 aliphatic rings. The third kappa shape index (κ3) is 2.46. The van der Waals surface area contributed by atoms with E-state index in [1.165, 1.54) is 0 Å². The van der Waals surface area contributed by atoms with Crippen LogP contribution in [0.25, 0.3) is 22.2 Å². The molecule has 0 saturated carbocycles. The third-order valence-electron chi connectivity index (χ3n) is 4.12. The Morgan fingerprint density at radius 2 is 1.58 bits per heavy atom. The Bertz CT molecular complexity index is 999. The number of aromatic amines is 1. The van der Waals surface area contributed by atoms with Crippen LogP contribution in [0.1, 0.15) is 15.9 Å². The largest absolute Gasteiger partial charge is 0.507 e. The number of hydrogen-bond acceptors (Lipinski definition) is 2. The number of fused-ring (bicyclic) bond motifs is 1. The number of hydrogen-bond donors (Lipinski definition) is 2. The first-order chi connectivity index (χ1) is 11.7. The lowest BCUT2D eigenvalue weighted by atomic mass is 10.00. The van der Waals surface area contributed by atoms with Gasteiger partial charge in [-0.25, -0.2) is 0 Å². The van der Waals surface area contributed by atoms with Crippen LogP contribution in [0.4, 0.5) is 0 Å². The Morgan fingerprint density at radius 1 is 0.833 bits per heavy atom.